The van der Waals surface area contributed by atoms with Crippen LogP contribution in [-0.2, 0) is 4.79 Å². The van der Waals surface area contributed by atoms with Gasteiger partial charge in [-0.2, -0.15) is 25.1 Å². The number of aromatic nitrogens is 4. The fraction of sp³-hybridized carbons (Fsp3) is 0.250. The van der Waals surface area contributed by atoms with Crippen LogP contribution in [0.25, 0.3) is 0 Å². The largest absolute Gasteiger partial charge is 0.487 e. The van der Waals surface area contributed by atoms with Crippen LogP contribution >= 0.6 is 0 Å². The number of aryl methyl sites for hydroxylation is 3. The van der Waals surface area contributed by atoms with Crippen molar-refractivity contribution in [1.29, 1.82) is 0 Å². The SMILES string of the molecule is Cc1cccc(OCC2=NN(c3ccccn3)C(=O)C2n2nc(C)c(C)n2)c1. The summed E-state index contributed by atoms with van der Waals surface area (Å²) in [5.74, 6) is 0.895. The maximum atomic E-state index is 13.1. The summed E-state index contributed by atoms with van der Waals surface area (Å²) in [6, 6.07) is 12.3. The quantitative estimate of drug-likeness (QED) is 0.683. The zero-order chi connectivity index (χ0) is 19.7. The van der Waals surface area contributed by atoms with Gasteiger partial charge < -0.3 is 4.74 Å². The second kappa shape index (κ2) is 7.22. The molecule has 0 bridgehead atoms. The number of hydrogen-bond acceptors (Lipinski definition) is 6. The summed E-state index contributed by atoms with van der Waals surface area (Å²) in [6.45, 7) is 5.85. The average Bonchev–Trinajstić information content (AvgIpc) is 3.19. The number of benzene rings is 1. The van der Waals surface area contributed by atoms with Gasteiger partial charge in [0.05, 0.1) is 11.4 Å². The van der Waals surface area contributed by atoms with Crippen molar-refractivity contribution in [2.45, 2.75) is 26.8 Å². The van der Waals surface area contributed by atoms with Gasteiger partial charge in [-0.25, -0.2) is 4.98 Å². The van der Waals surface area contributed by atoms with Crippen LogP contribution in [0.15, 0.2) is 53.8 Å². The van der Waals surface area contributed by atoms with Crippen LogP contribution in [0.4, 0.5) is 5.82 Å². The van der Waals surface area contributed by atoms with E-state index in [1.54, 1.807) is 18.3 Å². The van der Waals surface area contributed by atoms with Gasteiger partial charge in [0, 0.05) is 6.20 Å². The first-order valence-corrected chi connectivity index (χ1v) is 8.95. The Bertz CT molecular complexity index is 1020. The summed E-state index contributed by atoms with van der Waals surface area (Å²) >= 11 is 0. The number of carbonyl (C=O) groups excluding carboxylic acids is 1. The third-order valence-corrected chi connectivity index (χ3v) is 4.49. The third-order valence-electron chi connectivity index (χ3n) is 4.49. The van der Waals surface area contributed by atoms with E-state index >= 15 is 0 Å². The Morgan fingerprint density at radius 1 is 1.04 bits per heavy atom. The molecule has 1 atom stereocenters. The van der Waals surface area contributed by atoms with Gasteiger partial charge in [-0.1, -0.05) is 18.2 Å². The van der Waals surface area contributed by atoms with E-state index in [4.69, 9.17) is 4.74 Å². The molecule has 1 unspecified atom stereocenters. The molecule has 0 fully saturated rings. The molecule has 1 aromatic carbocycles. The molecule has 0 radical (unpaired) electrons. The minimum Gasteiger partial charge on any atom is -0.487 e. The Hall–Kier alpha value is -3.55. The Balaban J connectivity index is 1.66. The van der Waals surface area contributed by atoms with Crippen molar-refractivity contribution in [2.24, 2.45) is 5.10 Å². The lowest BCUT2D eigenvalue weighted by molar-refractivity contribution is -0.119. The molecular formula is C20H20N6O2. The van der Waals surface area contributed by atoms with Gasteiger partial charge in [-0.15, -0.1) is 0 Å². The normalized spacial score (nSPS) is 16.4. The minimum atomic E-state index is -0.765. The highest BCUT2D eigenvalue weighted by atomic mass is 16.5. The number of rotatable bonds is 5. The first kappa shape index (κ1) is 17.8. The highest BCUT2D eigenvalue weighted by Crippen LogP contribution is 2.25. The molecule has 4 rings (SSSR count). The van der Waals surface area contributed by atoms with Crippen molar-refractivity contribution in [3.63, 3.8) is 0 Å². The maximum Gasteiger partial charge on any atom is 0.281 e. The van der Waals surface area contributed by atoms with Gasteiger partial charge >= 0.3 is 0 Å². The van der Waals surface area contributed by atoms with E-state index in [9.17, 15) is 4.79 Å². The molecule has 2 aromatic heterocycles. The molecule has 0 N–H and O–H groups in total. The molecule has 3 aromatic rings. The average molecular weight is 376 g/mol. The van der Waals surface area contributed by atoms with Gasteiger partial charge in [-0.05, 0) is 50.6 Å². The number of nitrogens with zero attached hydrogens (tertiary/aromatic N) is 6. The van der Waals surface area contributed by atoms with Crippen LogP contribution in [0.2, 0.25) is 0 Å². The molecule has 142 valence electrons. The molecule has 0 saturated heterocycles. The van der Waals surface area contributed by atoms with E-state index in [0.717, 1.165) is 17.0 Å². The van der Waals surface area contributed by atoms with Gasteiger partial charge in [0.25, 0.3) is 5.91 Å². The molecule has 0 aliphatic carbocycles. The van der Waals surface area contributed by atoms with E-state index in [1.807, 2.05) is 51.1 Å². The number of hydrazone groups is 1. The molecule has 1 aliphatic heterocycles. The maximum absolute atomic E-state index is 13.1. The topological polar surface area (TPSA) is 85.5 Å². The predicted octanol–water partition coefficient (Wildman–Crippen LogP) is 2.62. The van der Waals surface area contributed by atoms with E-state index in [-0.39, 0.29) is 12.5 Å². The van der Waals surface area contributed by atoms with Crippen molar-refractivity contribution in [2.75, 3.05) is 11.6 Å². The summed E-state index contributed by atoms with van der Waals surface area (Å²) in [5.41, 5.74) is 3.15. The molecule has 1 aliphatic rings. The minimum absolute atomic E-state index is 0.142. The van der Waals surface area contributed by atoms with E-state index in [0.29, 0.717) is 17.3 Å². The predicted molar refractivity (Wildman–Crippen MR) is 104 cm³/mol. The van der Waals surface area contributed by atoms with Crippen molar-refractivity contribution in [3.05, 3.63) is 65.6 Å². The molecule has 1 amide bonds. The number of amides is 1. The van der Waals surface area contributed by atoms with Crippen LogP contribution < -0.4 is 9.75 Å². The molecule has 8 heteroatoms. The van der Waals surface area contributed by atoms with Crippen molar-refractivity contribution in [3.8, 4) is 5.75 Å². The number of anilines is 1. The Labute approximate surface area is 162 Å². The van der Waals surface area contributed by atoms with E-state index in [1.165, 1.54) is 9.81 Å². The number of pyridine rings is 1. The zero-order valence-corrected chi connectivity index (χ0v) is 15.9. The first-order valence-electron chi connectivity index (χ1n) is 8.95. The van der Waals surface area contributed by atoms with Crippen molar-refractivity contribution >= 4 is 17.4 Å². The van der Waals surface area contributed by atoms with Crippen molar-refractivity contribution < 1.29 is 9.53 Å². The summed E-state index contributed by atoms with van der Waals surface area (Å²) in [4.78, 5) is 18.8. The Morgan fingerprint density at radius 3 is 2.50 bits per heavy atom. The van der Waals surface area contributed by atoms with Crippen LogP contribution in [0, 0.1) is 20.8 Å². The number of carbonyl (C=O) groups is 1. The number of ether oxygens (including phenoxy) is 1. The zero-order valence-electron chi connectivity index (χ0n) is 15.9. The van der Waals surface area contributed by atoms with E-state index < -0.39 is 6.04 Å². The highest BCUT2D eigenvalue weighted by Gasteiger charge is 2.40. The summed E-state index contributed by atoms with van der Waals surface area (Å²) in [5, 5.41) is 14.6. The lowest BCUT2D eigenvalue weighted by atomic mass is 10.2. The second-order valence-electron chi connectivity index (χ2n) is 6.63. The van der Waals surface area contributed by atoms with Crippen LogP contribution in [0.5, 0.6) is 5.75 Å². The molecule has 0 spiro atoms. The lowest BCUT2D eigenvalue weighted by Gasteiger charge is -2.13. The van der Waals surface area contributed by atoms with E-state index in [2.05, 4.69) is 20.3 Å². The summed E-state index contributed by atoms with van der Waals surface area (Å²) in [6.07, 6.45) is 1.62. The lowest BCUT2D eigenvalue weighted by Crippen LogP contribution is -2.33. The fourth-order valence-corrected chi connectivity index (χ4v) is 2.93. The van der Waals surface area contributed by atoms with Gasteiger partial charge in [0.2, 0.25) is 0 Å². The van der Waals surface area contributed by atoms with Gasteiger partial charge in [0.1, 0.15) is 18.1 Å². The van der Waals surface area contributed by atoms with Gasteiger partial charge in [-0.3, -0.25) is 4.79 Å². The first-order chi connectivity index (χ1) is 13.5. The van der Waals surface area contributed by atoms with Crippen LogP contribution in [-0.4, -0.2) is 38.2 Å². The second-order valence-corrected chi connectivity index (χ2v) is 6.63. The smallest absolute Gasteiger partial charge is 0.281 e. The van der Waals surface area contributed by atoms with Gasteiger partial charge in [0.15, 0.2) is 11.9 Å². The molecule has 8 nitrogen and oxygen atoms in total. The summed E-state index contributed by atoms with van der Waals surface area (Å²) < 4.78 is 5.89. The third kappa shape index (κ3) is 3.36. The molecular weight excluding hydrogens is 356 g/mol. The molecule has 3 heterocycles. The Morgan fingerprint density at radius 2 is 1.82 bits per heavy atom. The highest BCUT2D eigenvalue weighted by molar-refractivity contribution is 6.17. The van der Waals surface area contributed by atoms with Crippen LogP contribution in [0.3, 0.4) is 0 Å². The standard InChI is InChI=1S/C20H20N6O2/c1-13-7-6-8-16(11-13)28-12-17-19(26-22-14(2)15(3)23-26)20(27)25(24-17)18-9-4-5-10-21-18/h4-11,19H,12H2,1-3H3. The van der Waals surface area contributed by atoms with Crippen molar-refractivity contribution in [1.82, 2.24) is 20.0 Å². The Kier molecular flexibility index (Phi) is 4.60. The molecule has 0 saturated carbocycles. The molecule has 28 heavy (non-hydrogen) atoms. The number of hydrogen-bond donors (Lipinski definition) is 0. The monoisotopic (exact) mass is 376 g/mol. The summed E-state index contributed by atoms with van der Waals surface area (Å²) in [7, 11) is 0. The van der Waals surface area contributed by atoms with Crippen LogP contribution in [0.1, 0.15) is 23.0 Å². The fourth-order valence-electron chi connectivity index (χ4n) is 2.93.